The van der Waals surface area contributed by atoms with Gasteiger partial charge in [-0.15, -0.1) is 0 Å². The Hall–Kier alpha value is -2.01. The van der Waals surface area contributed by atoms with E-state index in [0.29, 0.717) is 12.1 Å². The normalized spacial score (nSPS) is 20.0. The summed E-state index contributed by atoms with van der Waals surface area (Å²) >= 11 is 1.98. The zero-order valence-electron chi connectivity index (χ0n) is 14.3. The zero-order valence-corrected chi connectivity index (χ0v) is 15.1. The van der Waals surface area contributed by atoms with Crippen molar-refractivity contribution in [1.29, 1.82) is 0 Å². The van der Waals surface area contributed by atoms with Gasteiger partial charge in [-0.3, -0.25) is 4.99 Å². The molecule has 2 aliphatic heterocycles. The molecule has 0 atom stereocenters. The van der Waals surface area contributed by atoms with Crippen LogP contribution in [0.5, 0.6) is 0 Å². The third-order valence-corrected chi connectivity index (χ3v) is 5.96. The smallest absolute Gasteiger partial charge is 0.128 e. The highest BCUT2D eigenvalue weighted by Gasteiger charge is 2.40. The lowest BCUT2D eigenvalue weighted by molar-refractivity contribution is 0.558. The Kier molecular flexibility index (Phi) is 4.42. The second-order valence-electron chi connectivity index (χ2n) is 6.75. The molecule has 0 aromatic heterocycles. The number of benzene rings is 2. The second-order valence-corrected chi connectivity index (χ2v) is 7.97. The third kappa shape index (κ3) is 3.25. The predicted octanol–water partition coefficient (Wildman–Crippen LogP) is 4.84. The van der Waals surface area contributed by atoms with Crippen molar-refractivity contribution in [3.8, 4) is 0 Å². The van der Waals surface area contributed by atoms with Gasteiger partial charge in [0.1, 0.15) is 11.7 Å². The lowest BCUT2D eigenvalue weighted by Gasteiger charge is -2.43. The fourth-order valence-corrected chi connectivity index (χ4v) is 4.67. The number of hydrogen-bond acceptors (Lipinski definition) is 3. The van der Waals surface area contributed by atoms with Crippen molar-refractivity contribution in [2.75, 3.05) is 22.1 Å². The van der Waals surface area contributed by atoms with Crippen LogP contribution in [0, 0.1) is 12.7 Å². The number of rotatable bonds is 2. The fourth-order valence-electron chi connectivity index (χ4n) is 3.48. The number of aryl methyl sites for hydroxylation is 1. The Labute approximate surface area is 152 Å². The second kappa shape index (κ2) is 6.71. The van der Waals surface area contributed by atoms with Gasteiger partial charge in [0.05, 0.1) is 23.5 Å². The monoisotopic (exact) mass is 355 g/mol. The quantitative estimate of drug-likeness (QED) is 0.809. The van der Waals surface area contributed by atoms with Gasteiger partial charge < -0.3 is 10.6 Å². The molecule has 2 aromatic carbocycles. The molecule has 130 valence electrons. The molecule has 0 radical (unpaired) electrons. The van der Waals surface area contributed by atoms with Crippen LogP contribution in [0.15, 0.2) is 47.5 Å². The van der Waals surface area contributed by atoms with E-state index in [1.165, 1.54) is 0 Å². The van der Waals surface area contributed by atoms with Gasteiger partial charge in [0.25, 0.3) is 0 Å². The van der Waals surface area contributed by atoms with Crippen molar-refractivity contribution < 1.29 is 4.39 Å². The van der Waals surface area contributed by atoms with Crippen molar-refractivity contribution in [3.63, 3.8) is 0 Å². The minimum atomic E-state index is -0.179. The Balaban J connectivity index is 1.67. The molecule has 2 aliphatic rings. The van der Waals surface area contributed by atoms with E-state index in [2.05, 4.69) is 22.8 Å². The zero-order chi connectivity index (χ0) is 17.3. The van der Waals surface area contributed by atoms with Crippen LogP contribution in [0.25, 0.3) is 0 Å². The molecule has 0 unspecified atom stereocenters. The molecule has 0 bridgehead atoms. The first-order valence-corrected chi connectivity index (χ1v) is 9.84. The molecule has 0 aliphatic carbocycles. The van der Waals surface area contributed by atoms with Gasteiger partial charge in [0.2, 0.25) is 0 Å². The van der Waals surface area contributed by atoms with Crippen LogP contribution in [-0.2, 0) is 6.54 Å². The summed E-state index contributed by atoms with van der Waals surface area (Å²) in [4.78, 5) is 4.81. The maximum Gasteiger partial charge on any atom is 0.128 e. The number of halogens is 1. The third-order valence-electron chi connectivity index (χ3n) is 4.97. The van der Waals surface area contributed by atoms with Gasteiger partial charge in [-0.05, 0) is 55.0 Å². The van der Waals surface area contributed by atoms with Crippen molar-refractivity contribution in [2.24, 2.45) is 4.99 Å². The molecule has 5 heteroatoms. The number of hydrogen-bond donors (Lipinski definition) is 2. The van der Waals surface area contributed by atoms with Crippen LogP contribution in [0.4, 0.5) is 15.8 Å². The van der Waals surface area contributed by atoms with Crippen LogP contribution in [0.3, 0.4) is 0 Å². The summed E-state index contributed by atoms with van der Waals surface area (Å²) in [6.07, 6.45) is 2.04. The molecule has 25 heavy (non-hydrogen) atoms. The number of thioether (sulfide) groups is 1. The molecule has 1 fully saturated rings. The Morgan fingerprint density at radius 3 is 2.64 bits per heavy atom. The van der Waals surface area contributed by atoms with Gasteiger partial charge in [-0.25, -0.2) is 4.39 Å². The maximum absolute atomic E-state index is 14.2. The number of nitrogens with zero attached hydrogens (tertiary/aromatic N) is 1. The van der Waals surface area contributed by atoms with E-state index >= 15 is 0 Å². The highest BCUT2D eigenvalue weighted by molar-refractivity contribution is 7.99. The van der Waals surface area contributed by atoms with Gasteiger partial charge in [0, 0.05) is 5.56 Å². The van der Waals surface area contributed by atoms with E-state index in [0.717, 1.165) is 47.1 Å². The molecule has 3 nitrogen and oxygen atoms in total. The number of aliphatic imine (C=N–C) groups is 1. The minimum absolute atomic E-state index is 0.166. The first-order chi connectivity index (χ1) is 12.2. The number of nitrogens with one attached hydrogen (secondary N) is 2. The summed E-state index contributed by atoms with van der Waals surface area (Å²) in [6.45, 7) is 2.25. The molecule has 0 saturated carbocycles. The number of amidine groups is 1. The highest BCUT2D eigenvalue weighted by atomic mass is 32.2. The molecule has 0 amide bonds. The molecule has 4 rings (SSSR count). The lowest BCUT2D eigenvalue weighted by atomic mass is 9.87. The van der Waals surface area contributed by atoms with E-state index in [-0.39, 0.29) is 11.4 Å². The van der Waals surface area contributed by atoms with Crippen molar-refractivity contribution in [2.45, 2.75) is 31.8 Å². The van der Waals surface area contributed by atoms with Gasteiger partial charge in [-0.2, -0.15) is 11.8 Å². The summed E-state index contributed by atoms with van der Waals surface area (Å²) in [5, 5.41) is 7.24. The van der Waals surface area contributed by atoms with Gasteiger partial charge in [-0.1, -0.05) is 24.3 Å². The van der Waals surface area contributed by atoms with E-state index < -0.39 is 0 Å². The van der Waals surface area contributed by atoms with Crippen molar-refractivity contribution in [1.82, 2.24) is 0 Å². The number of para-hydroxylation sites is 2. The van der Waals surface area contributed by atoms with Crippen LogP contribution in [0.1, 0.15) is 24.0 Å². The molecular weight excluding hydrogens is 333 g/mol. The van der Waals surface area contributed by atoms with Gasteiger partial charge >= 0.3 is 0 Å². The average molecular weight is 355 g/mol. The van der Waals surface area contributed by atoms with Crippen LogP contribution >= 0.6 is 11.8 Å². The summed E-state index contributed by atoms with van der Waals surface area (Å²) in [5.41, 5.74) is 3.56. The van der Waals surface area contributed by atoms with Crippen LogP contribution < -0.4 is 10.6 Å². The first-order valence-electron chi connectivity index (χ1n) is 8.68. The maximum atomic E-state index is 14.2. The Morgan fingerprint density at radius 1 is 1.12 bits per heavy atom. The Bertz CT molecular complexity index is 812. The lowest BCUT2D eigenvalue weighted by Crippen LogP contribution is -2.54. The highest BCUT2D eigenvalue weighted by Crippen LogP contribution is 2.38. The largest absolute Gasteiger partial charge is 0.371 e. The molecular formula is C20H22FN3S. The standard InChI is InChI=1S/C20H22FN3S/c1-14-6-7-15(16(21)12-14)13-22-19-20(8-10-25-11-9-20)24-18-5-3-2-4-17(18)23-19/h2-7,12,24H,8-11,13H2,1H3,(H,22,23). The first kappa shape index (κ1) is 16.5. The van der Waals surface area contributed by atoms with E-state index in [4.69, 9.17) is 4.99 Å². The van der Waals surface area contributed by atoms with Gasteiger partial charge in [0.15, 0.2) is 0 Å². The summed E-state index contributed by atoms with van der Waals surface area (Å²) in [6, 6.07) is 13.6. The predicted molar refractivity (Wildman–Crippen MR) is 105 cm³/mol. The Morgan fingerprint density at radius 2 is 1.88 bits per heavy atom. The SMILES string of the molecule is Cc1ccc(CN=C2Nc3ccccc3NC23CCSCC3)c(F)c1. The molecule has 1 saturated heterocycles. The molecule has 2 heterocycles. The van der Waals surface area contributed by atoms with E-state index in [1.807, 2.05) is 43.0 Å². The minimum Gasteiger partial charge on any atom is -0.371 e. The van der Waals surface area contributed by atoms with Crippen LogP contribution in [0.2, 0.25) is 0 Å². The summed E-state index contributed by atoms with van der Waals surface area (Å²) in [5.74, 6) is 2.97. The molecule has 2 N–H and O–H groups in total. The number of anilines is 2. The van der Waals surface area contributed by atoms with Crippen LogP contribution in [-0.4, -0.2) is 22.9 Å². The summed E-state index contributed by atoms with van der Waals surface area (Å²) < 4.78 is 14.2. The topological polar surface area (TPSA) is 36.4 Å². The summed E-state index contributed by atoms with van der Waals surface area (Å²) in [7, 11) is 0. The number of fused-ring (bicyclic) bond motifs is 1. The fraction of sp³-hybridized carbons (Fsp3) is 0.350. The van der Waals surface area contributed by atoms with E-state index in [1.54, 1.807) is 6.07 Å². The van der Waals surface area contributed by atoms with Crippen molar-refractivity contribution in [3.05, 3.63) is 59.4 Å². The average Bonchev–Trinajstić information content (AvgIpc) is 2.62. The van der Waals surface area contributed by atoms with E-state index in [9.17, 15) is 4.39 Å². The van der Waals surface area contributed by atoms with Crippen molar-refractivity contribution >= 4 is 29.0 Å². The molecule has 2 aromatic rings. The molecule has 1 spiro atoms.